The summed E-state index contributed by atoms with van der Waals surface area (Å²) in [4.78, 5) is 0. The summed E-state index contributed by atoms with van der Waals surface area (Å²) in [6, 6.07) is 10.6. The van der Waals surface area contributed by atoms with Crippen LogP contribution < -0.4 is 4.74 Å². The van der Waals surface area contributed by atoms with Crippen molar-refractivity contribution < 1.29 is 13.5 Å². The van der Waals surface area contributed by atoms with Gasteiger partial charge in [-0.1, -0.05) is 0 Å². The van der Waals surface area contributed by atoms with Gasteiger partial charge in [0.15, 0.2) is 0 Å². The Morgan fingerprint density at radius 3 is 2.32 bits per heavy atom. The fourth-order valence-corrected chi connectivity index (χ4v) is 1.47. The molecule has 92 valence electrons. The van der Waals surface area contributed by atoms with E-state index in [1.54, 1.807) is 12.1 Å². The number of nitrogens with zero attached hydrogens (tertiary/aromatic N) is 2. The molecule has 0 aliphatic rings. The third-order valence-electron chi connectivity index (χ3n) is 2.30. The van der Waals surface area contributed by atoms with Gasteiger partial charge in [-0.3, -0.25) is 0 Å². The average Bonchev–Trinajstić information content (AvgIpc) is 2.38. The van der Waals surface area contributed by atoms with Gasteiger partial charge in [-0.2, -0.15) is 10.5 Å². The van der Waals surface area contributed by atoms with E-state index in [9.17, 15) is 8.78 Å². The molecule has 0 saturated carbocycles. The van der Waals surface area contributed by atoms with E-state index in [2.05, 4.69) is 0 Å². The Labute approximate surface area is 107 Å². The SMILES string of the molecule is N#Cc1cc(F)cc(Oc2ccc(C#N)c(F)c2)c1. The molecule has 0 amide bonds. The maximum absolute atomic E-state index is 13.3. The molecule has 0 saturated heterocycles. The third-order valence-corrected chi connectivity index (χ3v) is 2.30. The molecule has 2 aromatic carbocycles. The van der Waals surface area contributed by atoms with E-state index in [1.807, 2.05) is 0 Å². The number of hydrogen-bond acceptors (Lipinski definition) is 3. The number of benzene rings is 2. The van der Waals surface area contributed by atoms with Crippen LogP contribution in [0.3, 0.4) is 0 Å². The van der Waals surface area contributed by atoms with Crippen LogP contribution in [0.4, 0.5) is 8.78 Å². The standard InChI is InChI=1S/C14H6F2N2O/c15-11-3-9(7-17)4-13(5-11)19-12-2-1-10(8-18)14(16)6-12/h1-6H. The Bertz CT molecular complexity index is 714. The Kier molecular flexibility index (Phi) is 3.40. The van der Waals surface area contributed by atoms with Crippen LogP contribution in [0.25, 0.3) is 0 Å². The molecular weight excluding hydrogens is 250 g/mol. The molecule has 0 atom stereocenters. The molecule has 0 fully saturated rings. The van der Waals surface area contributed by atoms with Gasteiger partial charge < -0.3 is 4.74 Å². The highest BCUT2D eigenvalue weighted by atomic mass is 19.1. The zero-order chi connectivity index (χ0) is 13.8. The number of halogens is 2. The summed E-state index contributed by atoms with van der Waals surface area (Å²) >= 11 is 0. The normalized spacial score (nSPS) is 9.47. The molecule has 0 bridgehead atoms. The monoisotopic (exact) mass is 256 g/mol. The Balaban J connectivity index is 2.32. The van der Waals surface area contributed by atoms with Crippen LogP contribution in [-0.4, -0.2) is 0 Å². The first-order valence-corrected chi connectivity index (χ1v) is 5.20. The number of nitriles is 2. The molecule has 0 spiro atoms. The largest absolute Gasteiger partial charge is 0.457 e. The first-order chi connectivity index (χ1) is 9.12. The van der Waals surface area contributed by atoms with Gasteiger partial charge in [0.25, 0.3) is 0 Å². The van der Waals surface area contributed by atoms with Gasteiger partial charge in [0, 0.05) is 12.1 Å². The Morgan fingerprint density at radius 2 is 1.68 bits per heavy atom. The van der Waals surface area contributed by atoms with Crippen molar-refractivity contribution in [2.45, 2.75) is 0 Å². The van der Waals surface area contributed by atoms with E-state index in [4.69, 9.17) is 15.3 Å². The summed E-state index contributed by atoms with van der Waals surface area (Å²) in [5, 5.41) is 17.3. The van der Waals surface area contributed by atoms with E-state index >= 15 is 0 Å². The van der Waals surface area contributed by atoms with Crippen LogP contribution in [0.1, 0.15) is 11.1 Å². The lowest BCUT2D eigenvalue weighted by Crippen LogP contribution is -1.90. The fourth-order valence-electron chi connectivity index (χ4n) is 1.47. The van der Waals surface area contributed by atoms with Crippen molar-refractivity contribution in [3.63, 3.8) is 0 Å². The molecule has 19 heavy (non-hydrogen) atoms. The molecular formula is C14H6F2N2O. The molecule has 0 aliphatic carbocycles. The first kappa shape index (κ1) is 12.5. The highest BCUT2D eigenvalue weighted by molar-refractivity contribution is 5.41. The van der Waals surface area contributed by atoms with Gasteiger partial charge in [0.1, 0.15) is 29.2 Å². The van der Waals surface area contributed by atoms with Gasteiger partial charge in [-0.05, 0) is 24.3 Å². The minimum Gasteiger partial charge on any atom is -0.457 e. The highest BCUT2D eigenvalue weighted by Crippen LogP contribution is 2.25. The fraction of sp³-hybridized carbons (Fsp3) is 0. The molecule has 0 N–H and O–H groups in total. The predicted molar refractivity (Wildman–Crippen MR) is 62.3 cm³/mol. The van der Waals surface area contributed by atoms with E-state index in [0.717, 1.165) is 18.2 Å². The first-order valence-electron chi connectivity index (χ1n) is 5.20. The van der Waals surface area contributed by atoms with Crippen molar-refractivity contribution in [2.24, 2.45) is 0 Å². The molecule has 3 nitrogen and oxygen atoms in total. The lowest BCUT2D eigenvalue weighted by Gasteiger charge is -2.06. The number of rotatable bonds is 2. The van der Waals surface area contributed by atoms with Crippen molar-refractivity contribution in [3.8, 4) is 23.6 Å². The second-order valence-electron chi connectivity index (χ2n) is 3.64. The summed E-state index contributed by atoms with van der Waals surface area (Å²) in [7, 11) is 0. The number of ether oxygens (including phenoxy) is 1. The van der Waals surface area contributed by atoms with Crippen LogP contribution in [-0.2, 0) is 0 Å². The quantitative estimate of drug-likeness (QED) is 0.826. The van der Waals surface area contributed by atoms with Crippen LogP contribution in [0.15, 0.2) is 36.4 Å². The van der Waals surface area contributed by atoms with Crippen LogP contribution in [0, 0.1) is 34.3 Å². The molecule has 0 radical (unpaired) electrons. The highest BCUT2D eigenvalue weighted by Gasteiger charge is 2.06. The van der Waals surface area contributed by atoms with Crippen LogP contribution in [0.2, 0.25) is 0 Å². The second-order valence-corrected chi connectivity index (χ2v) is 3.64. The smallest absolute Gasteiger partial charge is 0.144 e. The van der Waals surface area contributed by atoms with Crippen molar-refractivity contribution in [2.75, 3.05) is 0 Å². The van der Waals surface area contributed by atoms with Gasteiger partial charge in [0.2, 0.25) is 0 Å². The van der Waals surface area contributed by atoms with Crippen molar-refractivity contribution in [1.29, 1.82) is 10.5 Å². The molecule has 2 rings (SSSR count). The summed E-state index contributed by atoms with van der Waals surface area (Å²) < 4.78 is 31.8. The molecule has 0 heterocycles. The molecule has 2 aromatic rings. The van der Waals surface area contributed by atoms with Crippen LogP contribution >= 0.6 is 0 Å². The van der Waals surface area contributed by atoms with Crippen LogP contribution in [0.5, 0.6) is 11.5 Å². The van der Waals surface area contributed by atoms with E-state index in [1.165, 1.54) is 18.2 Å². The minimum atomic E-state index is -0.725. The molecule has 5 heteroatoms. The summed E-state index contributed by atoms with van der Waals surface area (Å²) in [6.45, 7) is 0. The van der Waals surface area contributed by atoms with Gasteiger partial charge in [0.05, 0.1) is 17.2 Å². The Hall–Kier alpha value is -2.92. The van der Waals surface area contributed by atoms with Gasteiger partial charge >= 0.3 is 0 Å². The summed E-state index contributed by atoms with van der Waals surface area (Å²) in [5.74, 6) is -1.15. The minimum absolute atomic E-state index is 0.0839. The van der Waals surface area contributed by atoms with Gasteiger partial charge in [-0.25, -0.2) is 8.78 Å². The third kappa shape index (κ3) is 2.85. The van der Waals surface area contributed by atoms with E-state index in [0.29, 0.717) is 0 Å². The molecule has 0 aromatic heterocycles. The molecule has 0 aliphatic heterocycles. The number of hydrogen-bond donors (Lipinski definition) is 0. The zero-order valence-corrected chi connectivity index (χ0v) is 9.52. The van der Waals surface area contributed by atoms with E-state index < -0.39 is 11.6 Å². The lowest BCUT2D eigenvalue weighted by molar-refractivity contribution is 0.471. The molecule has 0 unspecified atom stereocenters. The maximum atomic E-state index is 13.3. The average molecular weight is 256 g/mol. The van der Waals surface area contributed by atoms with Crippen molar-refractivity contribution in [1.82, 2.24) is 0 Å². The summed E-state index contributed by atoms with van der Waals surface area (Å²) in [5.41, 5.74) is -0.00609. The second kappa shape index (κ2) is 5.16. The van der Waals surface area contributed by atoms with Crippen molar-refractivity contribution >= 4 is 0 Å². The topological polar surface area (TPSA) is 56.8 Å². The predicted octanol–water partition coefficient (Wildman–Crippen LogP) is 3.50. The Morgan fingerprint density at radius 1 is 0.895 bits per heavy atom. The zero-order valence-electron chi connectivity index (χ0n) is 9.52. The van der Waals surface area contributed by atoms with E-state index in [-0.39, 0.29) is 22.6 Å². The van der Waals surface area contributed by atoms with Crippen molar-refractivity contribution in [3.05, 3.63) is 59.2 Å². The maximum Gasteiger partial charge on any atom is 0.144 e. The van der Waals surface area contributed by atoms with Gasteiger partial charge in [-0.15, -0.1) is 0 Å². The summed E-state index contributed by atoms with van der Waals surface area (Å²) in [6.07, 6.45) is 0. The lowest BCUT2D eigenvalue weighted by atomic mass is 10.2.